The van der Waals surface area contributed by atoms with Crippen LogP contribution in [0.2, 0.25) is 0 Å². The maximum atomic E-state index is 6.13. The molecule has 1 aromatic carbocycles. The average molecular weight is 291 g/mol. The van der Waals surface area contributed by atoms with E-state index in [-0.39, 0.29) is 11.5 Å². The Morgan fingerprint density at radius 2 is 1.90 bits per heavy atom. The van der Waals surface area contributed by atoms with Crippen molar-refractivity contribution >= 4 is 11.8 Å². The second kappa shape index (κ2) is 5.97. The van der Waals surface area contributed by atoms with Gasteiger partial charge in [-0.3, -0.25) is 0 Å². The Morgan fingerprint density at radius 3 is 2.45 bits per heavy atom. The maximum Gasteiger partial charge on any atom is 0.244 e. The van der Waals surface area contributed by atoms with Crippen molar-refractivity contribution in [2.45, 2.75) is 38.6 Å². The lowest BCUT2D eigenvalue weighted by atomic mass is 9.87. The third kappa shape index (κ3) is 3.41. The lowest BCUT2D eigenvalue weighted by Gasteiger charge is -2.23. The number of hydrogen-bond acceptors (Lipinski definition) is 5. The minimum atomic E-state index is -0.265. The number of thioether (sulfide) groups is 1. The topological polar surface area (TPSA) is 64.9 Å². The van der Waals surface area contributed by atoms with Crippen molar-refractivity contribution in [1.82, 2.24) is 10.1 Å². The molecule has 0 radical (unpaired) electrons. The molecular weight excluding hydrogens is 270 g/mol. The van der Waals surface area contributed by atoms with E-state index < -0.39 is 0 Å². The minimum absolute atomic E-state index is 0.106. The summed E-state index contributed by atoms with van der Waals surface area (Å²) in [6, 6.07) is 7.90. The van der Waals surface area contributed by atoms with Gasteiger partial charge < -0.3 is 10.3 Å². The van der Waals surface area contributed by atoms with Gasteiger partial charge in [0.05, 0.1) is 6.04 Å². The lowest BCUT2D eigenvalue weighted by molar-refractivity contribution is 0.253. The number of nitrogens with zero attached hydrogens (tertiary/aromatic N) is 2. The molecule has 2 N–H and O–H groups in total. The van der Waals surface area contributed by atoms with Gasteiger partial charge in [0.1, 0.15) is 0 Å². The molecule has 0 aliphatic heterocycles. The molecule has 0 bridgehead atoms. The summed E-state index contributed by atoms with van der Waals surface area (Å²) in [5.74, 6) is 2.14. The summed E-state index contributed by atoms with van der Waals surface area (Å²) in [5.41, 5.74) is 6.97. The van der Waals surface area contributed by atoms with E-state index in [2.05, 4.69) is 50.0 Å². The Balaban J connectivity index is 2.20. The third-order valence-electron chi connectivity index (χ3n) is 3.06. The molecule has 0 amide bonds. The van der Waals surface area contributed by atoms with Crippen molar-refractivity contribution in [2.75, 3.05) is 5.75 Å². The molecule has 0 fully saturated rings. The van der Waals surface area contributed by atoms with Crippen molar-refractivity contribution < 1.29 is 4.52 Å². The maximum absolute atomic E-state index is 6.13. The van der Waals surface area contributed by atoms with Crippen LogP contribution in [-0.4, -0.2) is 15.9 Å². The summed E-state index contributed by atoms with van der Waals surface area (Å²) in [5, 5.41) is 4.02. The number of aromatic nitrogens is 2. The predicted octanol–water partition coefficient (Wildman–Crippen LogP) is 3.89. The zero-order valence-corrected chi connectivity index (χ0v) is 13.2. The molecule has 5 heteroatoms. The van der Waals surface area contributed by atoms with Crippen LogP contribution in [0.25, 0.3) is 11.4 Å². The van der Waals surface area contributed by atoms with Crippen LogP contribution in [0.3, 0.4) is 0 Å². The second-order valence-electron chi connectivity index (χ2n) is 5.76. The van der Waals surface area contributed by atoms with Gasteiger partial charge >= 0.3 is 0 Å². The van der Waals surface area contributed by atoms with E-state index in [9.17, 15) is 0 Å². The molecule has 2 aromatic rings. The first-order valence-electron chi connectivity index (χ1n) is 6.74. The summed E-state index contributed by atoms with van der Waals surface area (Å²) >= 11 is 1.81. The quantitative estimate of drug-likeness (QED) is 0.866. The van der Waals surface area contributed by atoms with Crippen molar-refractivity contribution in [3.8, 4) is 11.4 Å². The Bertz CT molecular complexity index is 557. The van der Waals surface area contributed by atoms with Gasteiger partial charge in [-0.1, -0.05) is 32.9 Å². The van der Waals surface area contributed by atoms with Gasteiger partial charge in [-0.25, -0.2) is 0 Å². The van der Waals surface area contributed by atoms with Crippen LogP contribution in [-0.2, 0) is 0 Å². The minimum Gasteiger partial charge on any atom is -0.337 e. The molecule has 0 saturated carbocycles. The first-order valence-corrected chi connectivity index (χ1v) is 7.73. The Morgan fingerprint density at radius 1 is 1.25 bits per heavy atom. The van der Waals surface area contributed by atoms with Crippen LogP contribution in [0.4, 0.5) is 0 Å². The molecule has 0 spiro atoms. The molecule has 1 atom stereocenters. The average Bonchev–Trinajstić information content (AvgIpc) is 2.87. The van der Waals surface area contributed by atoms with E-state index in [4.69, 9.17) is 10.3 Å². The second-order valence-corrected chi connectivity index (χ2v) is 7.09. The van der Waals surface area contributed by atoms with Gasteiger partial charge in [0.15, 0.2) is 0 Å². The van der Waals surface area contributed by atoms with Gasteiger partial charge in [-0.05, 0) is 35.4 Å². The monoisotopic (exact) mass is 291 g/mol. The summed E-state index contributed by atoms with van der Waals surface area (Å²) < 4.78 is 5.29. The van der Waals surface area contributed by atoms with Gasteiger partial charge in [0, 0.05) is 10.5 Å². The van der Waals surface area contributed by atoms with Gasteiger partial charge in [0.2, 0.25) is 11.7 Å². The van der Waals surface area contributed by atoms with E-state index in [1.807, 2.05) is 23.9 Å². The first-order chi connectivity index (χ1) is 9.41. The molecule has 2 rings (SSSR count). The largest absolute Gasteiger partial charge is 0.337 e. The van der Waals surface area contributed by atoms with Crippen molar-refractivity contribution in [2.24, 2.45) is 11.1 Å². The molecule has 1 heterocycles. The van der Waals surface area contributed by atoms with Crippen LogP contribution in [0.1, 0.15) is 39.6 Å². The van der Waals surface area contributed by atoms with E-state index in [1.54, 1.807) is 0 Å². The summed E-state index contributed by atoms with van der Waals surface area (Å²) in [6.45, 7) is 8.30. The van der Waals surface area contributed by atoms with Gasteiger partial charge in [0.25, 0.3) is 0 Å². The summed E-state index contributed by atoms with van der Waals surface area (Å²) in [7, 11) is 0. The van der Waals surface area contributed by atoms with Crippen LogP contribution in [0, 0.1) is 5.41 Å². The van der Waals surface area contributed by atoms with Crippen molar-refractivity contribution in [3.63, 3.8) is 0 Å². The summed E-state index contributed by atoms with van der Waals surface area (Å²) in [4.78, 5) is 5.65. The molecule has 0 aliphatic rings. The molecule has 0 aliphatic carbocycles. The summed E-state index contributed by atoms with van der Waals surface area (Å²) in [6.07, 6.45) is 0. The Kier molecular flexibility index (Phi) is 4.50. The van der Waals surface area contributed by atoms with E-state index >= 15 is 0 Å². The normalized spacial score (nSPS) is 13.4. The highest BCUT2D eigenvalue weighted by molar-refractivity contribution is 7.99. The van der Waals surface area contributed by atoms with Crippen molar-refractivity contribution in [1.29, 1.82) is 0 Å². The van der Waals surface area contributed by atoms with Crippen molar-refractivity contribution in [3.05, 3.63) is 30.2 Å². The highest BCUT2D eigenvalue weighted by Gasteiger charge is 2.27. The SMILES string of the molecule is CCSc1ccc(-c2noc([C@H](N)C(C)(C)C)n2)cc1. The smallest absolute Gasteiger partial charge is 0.244 e. The van der Waals surface area contributed by atoms with Crippen LogP contribution in [0.15, 0.2) is 33.7 Å². The standard InChI is InChI=1S/C15H21N3OS/c1-5-20-11-8-6-10(7-9-11)13-17-14(19-18-13)12(16)15(2,3)4/h6-9,12H,5,16H2,1-4H3/t12-/m0/s1. The van der Waals surface area contributed by atoms with E-state index in [0.29, 0.717) is 11.7 Å². The fraction of sp³-hybridized carbons (Fsp3) is 0.467. The van der Waals surface area contributed by atoms with Gasteiger partial charge in [-0.15, -0.1) is 11.8 Å². The third-order valence-corrected chi connectivity index (χ3v) is 3.96. The number of benzene rings is 1. The predicted molar refractivity (Wildman–Crippen MR) is 82.5 cm³/mol. The van der Waals surface area contributed by atoms with Crippen LogP contribution in [0.5, 0.6) is 0 Å². The molecule has 0 unspecified atom stereocenters. The Labute approximate surface area is 124 Å². The molecule has 0 saturated heterocycles. The molecule has 4 nitrogen and oxygen atoms in total. The molecule has 1 aromatic heterocycles. The van der Waals surface area contributed by atoms with E-state index in [0.717, 1.165) is 11.3 Å². The van der Waals surface area contributed by atoms with Crippen LogP contribution < -0.4 is 5.73 Å². The molecule has 20 heavy (non-hydrogen) atoms. The fourth-order valence-corrected chi connectivity index (χ4v) is 2.38. The molecular formula is C15H21N3OS. The highest BCUT2D eigenvalue weighted by Crippen LogP contribution is 2.30. The number of hydrogen-bond donors (Lipinski definition) is 1. The lowest BCUT2D eigenvalue weighted by Crippen LogP contribution is -2.26. The number of nitrogens with two attached hydrogens (primary N) is 1. The Hall–Kier alpha value is -1.33. The zero-order valence-electron chi connectivity index (χ0n) is 12.4. The van der Waals surface area contributed by atoms with Gasteiger partial charge in [-0.2, -0.15) is 4.98 Å². The first kappa shape index (κ1) is 15.1. The number of rotatable bonds is 4. The molecule has 108 valence electrons. The highest BCUT2D eigenvalue weighted by atomic mass is 32.2. The van der Waals surface area contributed by atoms with E-state index in [1.165, 1.54) is 4.90 Å². The zero-order chi connectivity index (χ0) is 14.8. The van der Waals surface area contributed by atoms with Crippen LogP contribution >= 0.6 is 11.8 Å². The fourth-order valence-electron chi connectivity index (χ4n) is 1.72.